The fourth-order valence-electron chi connectivity index (χ4n) is 4.55. The SMILES string of the molecule is [C-]#[N+]c1c(C=Cc2ccc(N(c3ccc(OC)cc3)c3ccc(OC)cc3)cc2)ccc2c(C#N)cccc12. The quantitative estimate of drug-likeness (QED) is 0.163. The largest absolute Gasteiger partial charge is 0.497 e. The van der Waals surface area contributed by atoms with E-state index in [1.165, 1.54) is 0 Å². The van der Waals surface area contributed by atoms with E-state index in [0.717, 1.165) is 50.5 Å². The van der Waals surface area contributed by atoms with E-state index in [1.807, 2.05) is 84.9 Å². The van der Waals surface area contributed by atoms with E-state index >= 15 is 0 Å². The highest BCUT2D eigenvalue weighted by Crippen LogP contribution is 2.37. The first kappa shape index (κ1) is 25.1. The molecule has 39 heavy (non-hydrogen) atoms. The summed E-state index contributed by atoms with van der Waals surface area (Å²) in [5.74, 6) is 1.59. The van der Waals surface area contributed by atoms with Gasteiger partial charge in [0.1, 0.15) is 11.5 Å². The van der Waals surface area contributed by atoms with Gasteiger partial charge in [-0.1, -0.05) is 48.6 Å². The molecule has 0 bridgehead atoms. The van der Waals surface area contributed by atoms with Gasteiger partial charge in [-0.15, -0.1) is 0 Å². The Labute approximate surface area is 228 Å². The van der Waals surface area contributed by atoms with Crippen LogP contribution in [-0.2, 0) is 0 Å². The minimum absolute atomic E-state index is 0.544. The third-order valence-electron chi connectivity index (χ3n) is 6.56. The lowest BCUT2D eigenvalue weighted by Gasteiger charge is -2.26. The molecule has 5 rings (SSSR count). The maximum Gasteiger partial charge on any atom is 0.202 e. The Balaban J connectivity index is 1.48. The van der Waals surface area contributed by atoms with E-state index in [2.05, 4.69) is 40.1 Å². The van der Waals surface area contributed by atoms with E-state index in [1.54, 1.807) is 20.3 Å². The first-order valence-corrected chi connectivity index (χ1v) is 12.3. The van der Waals surface area contributed by atoms with Crippen molar-refractivity contribution < 1.29 is 9.47 Å². The molecule has 0 saturated heterocycles. The van der Waals surface area contributed by atoms with Gasteiger partial charge in [-0.3, -0.25) is 0 Å². The summed E-state index contributed by atoms with van der Waals surface area (Å²) in [5, 5.41) is 11.0. The molecule has 0 aliphatic rings. The summed E-state index contributed by atoms with van der Waals surface area (Å²) in [6.07, 6.45) is 3.95. The molecule has 0 N–H and O–H groups in total. The number of rotatable bonds is 7. The van der Waals surface area contributed by atoms with Crippen LogP contribution in [0.4, 0.5) is 22.7 Å². The van der Waals surface area contributed by atoms with Crippen molar-refractivity contribution in [1.82, 2.24) is 0 Å². The lowest BCUT2D eigenvalue weighted by Crippen LogP contribution is -2.09. The van der Waals surface area contributed by atoms with E-state index in [0.29, 0.717) is 11.3 Å². The highest BCUT2D eigenvalue weighted by Gasteiger charge is 2.13. The number of anilines is 3. The van der Waals surface area contributed by atoms with Crippen molar-refractivity contribution in [3.63, 3.8) is 0 Å². The smallest absolute Gasteiger partial charge is 0.202 e. The first-order chi connectivity index (χ1) is 19.1. The third-order valence-corrected chi connectivity index (χ3v) is 6.56. The Morgan fingerprint density at radius 1 is 0.692 bits per heavy atom. The predicted octanol–water partition coefficient (Wildman–Crippen LogP) is 8.92. The van der Waals surface area contributed by atoms with Crippen molar-refractivity contribution in [2.45, 2.75) is 0 Å². The third kappa shape index (κ3) is 5.16. The molecule has 0 spiro atoms. The average molecular weight is 508 g/mol. The summed E-state index contributed by atoms with van der Waals surface area (Å²) < 4.78 is 10.7. The summed E-state index contributed by atoms with van der Waals surface area (Å²) >= 11 is 0. The molecule has 188 valence electrons. The standard InChI is InChI=1S/C34H25N3O2/c1-36-34-25(11-22-32-26(23-35)5-4-6-33(32)34)10-7-24-8-12-27(13-9-24)37(28-14-18-30(38-2)19-15-28)29-16-20-31(39-3)21-17-29/h4-22H,2-3H3. The molecule has 5 aromatic carbocycles. The predicted molar refractivity (Wildman–Crippen MR) is 158 cm³/mol. The van der Waals surface area contributed by atoms with Crippen LogP contribution in [0.25, 0.3) is 27.8 Å². The molecule has 0 aromatic heterocycles. The fourth-order valence-corrected chi connectivity index (χ4v) is 4.55. The molecule has 0 saturated carbocycles. The molecular weight excluding hydrogens is 482 g/mol. The van der Waals surface area contributed by atoms with Crippen molar-refractivity contribution in [1.29, 1.82) is 5.26 Å². The van der Waals surface area contributed by atoms with Crippen molar-refractivity contribution >= 4 is 45.7 Å². The Kier molecular flexibility index (Phi) is 7.26. The van der Waals surface area contributed by atoms with E-state index in [-0.39, 0.29) is 0 Å². The number of methoxy groups -OCH3 is 2. The Morgan fingerprint density at radius 3 is 1.77 bits per heavy atom. The van der Waals surface area contributed by atoms with Gasteiger partial charge in [-0.25, -0.2) is 4.85 Å². The second kappa shape index (κ2) is 11.3. The van der Waals surface area contributed by atoms with Crippen molar-refractivity contribution in [3.05, 3.63) is 131 Å². The van der Waals surface area contributed by atoms with E-state index in [9.17, 15) is 5.26 Å². The van der Waals surface area contributed by atoms with Crippen LogP contribution in [0.15, 0.2) is 103 Å². The molecule has 0 radical (unpaired) electrons. The number of ether oxygens (including phenoxy) is 2. The molecule has 0 aliphatic carbocycles. The summed E-state index contributed by atoms with van der Waals surface area (Å²) in [6, 6.07) is 35.6. The zero-order valence-electron chi connectivity index (χ0n) is 21.6. The van der Waals surface area contributed by atoms with E-state index < -0.39 is 0 Å². The number of nitrogens with zero attached hydrogens (tertiary/aromatic N) is 3. The molecule has 0 atom stereocenters. The van der Waals surface area contributed by atoms with Crippen LogP contribution < -0.4 is 14.4 Å². The van der Waals surface area contributed by atoms with Gasteiger partial charge in [0.2, 0.25) is 5.69 Å². The lowest BCUT2D eigenvalue weighted by molar-refractivity contribution is 0.415. The normalized spacial score (nSPS) is 10.7. The molecule has 5 aromatic rings. The van der Waals surface area contributed by atoms with Crippen LogP contribution in [0, 0.1) is 17.9 Å². The van der Waals surface area contributed by atoms with Gasteiger partial charge >= 0.3 is 0 Å². The van der Waals surface area contributed by atoms with Crippen molar-refractivity contribution in [3.8, 4) is 17.6 Å². The monoisotopic (exact) mass is 507 g/mol. The zero-order valence-corrected chi connectivity index (χ0v) is 21.6. The minimum atomic E-state index is 0.544. The number of fused-ring (bicyclic) bond motifs is 1. The number of hydrogen-bond donors (Lipinski definition) is 0. The fraction of sp³-hybridized carbons (Fsp3) is 0.0588. The number of hydrogen-bond acceptors (Lipinski definition) is 4. The molecule has 0 fully saturated rings. The second-order valence-corrected chi connectivity index (χ2v) is 8.78. The lowest BCUT2D eigenvalue weighted by atomic mass is 9.99. The molecule has 0 amide bonds. The highest BCUT2D eigenvalue weighted by atomic mass is 16.5. The zero-order chi connectivity index (χ0) is 27.2. The number of nitriles is 1. The molecule has 0 unspecified atom stereocenters. The van der Waals surface area contributed by atoms with Crippen molar-refractivity contribution in [2.24, 2.45) is 0 Å². The second-order valence-electron chi connectivity index (χ2n) is 8.78. The Morgan fingerprint density at radius 2 is 1.26 bits per heavy atom. The average Bonchev–Trinajstić information content (AvgIpc) is 3.00. The molecule has 5 heteroatoms. The van der Waals surface area contributed by atoms with Crippen LogP contribution in [0.5, 0.6) is 11.5 Å². The maximum atomic E-state index is 9.42. The maximum absolute atomic E-state index is 9.42. The van der Waals surface area contributed by atoms with Gasteiger partial charge in [0.15, 0.2) is 0 Å². The first-order valence-electron chi connectivity index (χ1n) is 12.3. The van der Waals surface area contributed by atoms with Gasteiger partial charge < -0.3 is 14.4 Å². The summed E-state index contributed by atoms with van der Waals surface area (Å²) in [6.45, 7) is 7.75. The van der Waals surface area contributed by atoms with Crippen LogP contribution in [0.1, 0.15) is 16.7 Å². The topological polar surface area (TPSA) is 49.9 Å². The highest BCUT2D eigenvalue weighted by molar-refractivity contribution is 6.01. The Hall–Kier alpha value is -5.52. The molecule has 0 heterocycles. The van der Waals surface area contributed by atoms with Crippen LogP contribution >= 0.6 is 0 Å². The Bertz CT molecular complexity index is 1680. The van der Waals surface area contributed by atoms with Crippen LogP contribution in [0.3, 0.4) is 0 Å². The minimum Gasteiger partial charge on any atom is -0.497 e. The van der Waals surface area contributed by atoms with Gasteiger partial charge in [0, 0.05) is 17.1 Å². The molecule has 0 aliphatic heterocycles. The van der Waals surface area contributed by atoms with Gasteiger partial charge in [0.05, 0.1) is 32.4 Å². The van der Waals surface area contributed by atoms with Crippen LogP contribution in [0.2, 0.25) is 0 Å². The van der Waals surface area contributed by atoms with Gasteiger partial charge in [-0.2, -0.15) is 5.26 Å². The summed E-state index contributed by atoms with van der Waals surface area (Å²) in [5.41, 5.74) is 5.93. The van der Waals surface area contributed by atoms with E-state index in [4.69, 9.17) is 16.0 Å². The summed E-state index contributed by atoms with van der Waals surface area (Å²) in [7, 11) is 3.32. The molecular formula is C34H25N3O2. The molecule has 5 nitrogen and oxygen atoms in total. The van der Waals surface area contributed by atoms with Crippen LogP contribution in [-0.4, -0.2) is 14.2 Å². The van der Waals surface area contributed by atoms with Crippen molar-refractivity contribution in [2.75, 3.05) is 19.1 Å². The number of benzene rings is 5. The summed E-state index contributed by atoms with van der Waals surface area (Å²) in [4.78, 5) is 5.95. The van der Waals surface area contributed by atoms with Gasteiger partial charge in [0.25, 0.3) is 0 Å². The van der Waals surface area contributed by atoms with Gasteiger partial charge in [-0.05, 0) is 88.6 Å².